The van der Waals surface area contributed by atoms with E-state index in [-0.39, 0.29) is 0 Å². The zero-order valence-electron chi connectivity index (χ0n) is 6.35. The summed E-state index contributed by atoms with van der Waals surface area (Å²) < 4.78 is 4.89. The third kappa shape index (κ3) is 2.27. The van der Waals surface area contributed by atoms with Gasteiger partial charge in [0, 0.05) is 7.11 Å². The van der Waals surface area contributed by atoms with Gasteiger partial charge in [-0.3, -0.25) is 0 Å². The SMILES string of the molecule is COC(Cl)c1ccc(Cl)c(Cl)c1. The molecule has 1 nitrogen and oxygen atoms in total. The molecule has 0 bridgehead atoms. The van der Waals surface area contributed by atoms with Gasteiger partial charge in [0.2, 0.25) is 0 Å². The fraction of sp³-hybridized carbons (Fsp3) is 0.250. The second-order valence-corrected chi connectivity index (χ2v) is 3.44. The number of benzene rings is 1. The van der Waals surface area contributed by atoms with E-state index in [9.17, 15) is 0 Å². The van der Waals surface area contributed by atoms with E-state index in [1.54, 1.807) is 18.2 Å². The summed E-state index contributed by atoms with van der Waals surface area (Å²) in [5.74, 6) is 0. The Hall–Kier alpha value is 0.0500. The van der Waals surface area contributed by atoms with Crippen LogP contribution in [0.25, 0.3) is 0 Å². The highest BCUT2D eigenvalue weighted by Crippen LogP contribution is 2.28. The third-order valence-corrected chi connectivity index (χ3v) is 2.58. The monoisotopic (exact) mass is 224 g/mol. The zero-order valence-corrected chi connectivity index (χ0v) is 8.62. The largest absolute Gasteiger partial charge is 0.361 e. The van der Waals surface area contributed by atoms with Crippen LogP contribution < -0.4 is 0 Å². The van der Waals surface area contributed by atoms with E-state index in [0.29, 0.717) is 10.0 Å². The van der Waals surface area contributed by atoms with Crippen molar-refractivity contribution in [1.29, 1.82) is 0 Å². The van der Waals surface area contributed by atoms with Crippen molar-refractivity contribution >= 4 is 34.8 Å². The first-order valence-electron chi connectivity index (χ1n) is 3.27. The summed E-state index contributed by atoms with van der Waals surface area (Å²) in [7, 11) is 1.53. The van der Waals surface area contributed by atoms with Crippen molar-refractivity contribution < 1.29 is 4.74 Å². The zero-order chi connectivity index (χ0) is 9.14. The Bertz CT molecular complexity index is 275. The minimum Gasteiger partial charge on any atom is -0.361 e. The van der Waals surface area contributed by atoms with Crippen molar-refractivity contribution in [2.24, 2.45) is 0 Å². The minimum atomic E-state index is -0.472. The Morgan fingerprint density at radius 2 is 1.92 bits per heavy atom. The Labute approximate surface area is 86.2 Å². The van der Waals surface area contributed by atoms with Crippen molar-refractivity contribution in [1.82, 2.24) is 0 Å². The van der Waals surface area contributed by atoms with E-state index in [1.807, 2.05) is 0 Å². The van der Waals surface area contributed by atoms with Crippen LogP contribution in [0.5, 0.6) is 0 Å². The van der Waals surface area contributed by atoms with E-state index >= 15 is 0 Å². The normalized spacial score (nSPS) is 13.0. The number of methoxy groups -OCH3 is 1. The molecule has 0 fully saturated rings. The Morgan fingerprint density at radius 3 is 2.42 bits per heavy atom. The first kappa shape index (κ1) is 10.1. The number of hydrogen-bond donors (Lipinski definition) is 0. The summed E-state index contributed by atoms with van der Waals surface area (Å²) in [5, 5.41) is 0.997. The second-order valence-electron chi connectivity index (χ2n) is 2.23. The molecule has 0 N–H and O–H groups in total. The van der Waals surface area contributed by atoms with Crippen molar-refractivity contribution in [3.8, 4) is 0 Å². The molecule has 0 amide bonds. The van der Waals surface area contributed by atoms with Crippen LogP contribution in [0.2, 0.25) is 10.0 Å². The van der Waals surface area contributed by atoms with E-state index < -0.39 is 5.56 Å². The predicted molar refractivity (Wildman–Crippen MR) is 52.1 cm³/mol. The second kappa shape index (κ2) is 4.33. The quantitative estimate of drug-likeness (QED) is 0.694. The first-order chi connectivity index (χ1) is 5.65. The molecule has 0 aliphatic carbocycles. The van der Waals surface area contributed by atoms with Crippen LogP contribution in [0.15, 0.2) is 18.2 Å². The summed E-state index contributed by atoms with van der Waals surface area (Å²) in [6.07, 6.45) is 0. The molecular weight excluding hydrogens is 218 g/mol. The maximum absolute atomic E-state index is 5.79. The lowest BCUT2D eigenvalue weighted by Crippen LogP contribution is -1.91. The van der Waals surface area contributed by atoms with E-state index in [4.69, 9.17) is 39.5 Å². The molecule has 1 aromatic rings. The predicted octanol–water partition coefficient (Wildman–Crippen LogP) is 3.88. The number of ether oxygens (including phenoxy) is 1. The van der Waals surface area contributed by atoms with Gasteiger partial charge in [-0.1, -0.05) is 40.9 Å². The molecule has 0 heterocycles. The molecule has 1 unspecified atom stereocenters. The number of halogens is 3. The molecule has 0 aliphatic heterocycles. The maximum Gasteiger partial charge on any atom is 0.156 e. The summed E-state index contributed by atoms with van der Waals surface area (Å²) in [6.45, 7) is 0. The van der Waals surface area contributed by atoms with Gasteiger partial charge in [-0.15, -0.1) is 0 Å². The number of rotatable bonds is 2. The lowest BCUT2D eigenvalue weighted by Gasteiger charge is -2.07. The molecule has 0 radical (unpaired) electrons. The fourth-order valence-electron chi connectivity index (χ4n) is 0.790. The molecule has 0 saturated heterocycles. The maximum atomic E-state index is 5.79. The van der Waals surface area contributed by atoms with Gasteiger partial charge in [0.25, 0.3) is 0 Å². The lowest BCUT2D eigenvalue weighted by molar-refractivity contribution is 0.170. The van der Waals surface area contributed by atoms with Gasteiger partial charge in [0.15, 0.2) is 5.56 Å². The van der Waals surface area contributed by atoms with Crippen molar-refractivity contribution in [2.75, 3.05) is 7.11 Å². The van der Waals surface area contributed by atoms with Crippen molar-refractivity contribution in [3.05, 3.63) is 33.8 Å². The van der Waals surface area contributed by atoms with Gasteiger partial charge in [-0.2, -0.15) is 0 Å². The van der Waals surface area contributed by atoms with Crippen LogP contribution in [0, 0.1) is 0 Å². The van der Waals surface area contributed by atoms with Crippen LogP contribution in [-0.2, 0) is 4.74 Å². The summed E-state index contributed by atoms with van der Waals surface area (Å²) in [4.78, 5) is 0. The molecule has 1 atom stereocenters. The van der Waals surface area contributed by atoms with Crippen molar-refractivity contribution in [2.45, 2.75) is 5.56 Å². The fourth-order valence-corrected chi connectivity index (χ4v) is 1.23. The smallest absolute Gasteiger partial charge is 0.156 e. The van der Waals surface area contributed by atoms with Gasteiger partial charge in [-0.25, -0.2) is 0 Å². The average molecular weight is 226 g/mol. The number of hydrogen-bond acceptors (Lipinski definition) is 1. The van der Waals surface area contributed by atoms with Crippen LogP contribution in [0.4, 0.5) is 0 Å². The lowest BCUT2D eigenvalue weighted by atomic mass is 10.2. The van der Waals surface area contributed by atoms with E-state index in [2.05, 4.69) is 0 Å². The van der Waals surface area contributed by atoms with E-state index in [1.165, 1.54) is 7.11 Å². The Morgan fingerprint density at radius 1 is 1.25 bits per heavy atom. The first-order valence-corrected chi connectivity index (χ1v) is 4.46. The van der Waals surface area contributed by atoms with Crippen LogP contribution in [-0.4, -0.2) is 7.11 Å². The topological polar surface area (TPSA) is 9.23 Å². The molecular formula is C8H7Cl3O. The standard InChI is InChI=1S/C8H7Cl3O/c1-12-8(11)5-2-3-6(9)7(10)4-5/h2-4,8H,1H3. The highest BCUT2D eigenvalue weighted by Gasteiger charge is 2.07. The molecule has 1 aromatic carbocycles. The van der Waals surface area contributed by atoms with Gasteiger partial charge in [0.1, 0.15) is 0 Å². The molecule has 1 rings (SSSR count). The number of alkyl halides is 1. The molecule has 0 aliphatic rings. The van der Waals surface area contributed by atoms with Gasteiger partial charge >= 0.3 is 0 Å². The summed E-state index contributed by atoms with van der Waals surface area (Å²) >= 11 is 17.3. The summed E-state index contributed by atoms with van der Waals surface area (Å²) in [6, 6.07) is 5.15. The van der Waals surface area contributed by atoms with Crippen molar-refractivity contribution in [3.63, 3.8) is 0 Å². The Balaban J connectivity index is 2.96. The van der Waals surface area contributed by atoms with Crippen LogP contribution >= 0.6 is 34.8 Å². The highest BCUT2D eigenvalue weighted by atomic mass is 35.5. The van der Waals surface area contributed by atoms with Gasteiger partial charge < -0.3 is 4.74 Å². The summed E-state index contributed by atoms with van der Waals surface area (Å²) in [5.41, 5.74) is 0.327. The van der Waals surface area contributed by atoms with Gasteiger partial charge in [0.05, 0.1) is 10.0 Å². The van der Waals surface area contributed by atoms with Crippen LogP contribution in [0.1, 0.15) is 11.1 Å². The molecule has 0 saturated carbocycles. The molecule has 0 spiro atoms. The highest BCUT2D eigenvalue weighted by molar-refractivity contribution is 6.42. The molecule has 66 valence electrons. The molecule has 0 aromatic heterocycles. The van der Waals surface area contributed by atoms with E-state index in [0.717, 1.165) is 5.56 Å². The van der Waals surface area contributed by atoms with Gasteiger partial charge in [-0.05, 0) is 17.7 Å². The molecule has 12 heavy (non-hydrogen) atoms. The third-order valence-electron chi connectivity index (χ3n) is 1.41. The Kier molecular flexibility index (Phi) is 3.66. The minimum absolute atomic E-state index is 0.472. The van der Waals surface area contributed by atoms with Crippen LogP contribution in [0.3, 0.4) is 0 Å². The molecule has 4 heteroatoms. The average Bonchev–Trinajstić information content (AvgIpc) is 2.08.